The number of hydrogen-bond acceptors (Lipinski definition) is 3. The average molecular weight is 325 g/mol. The number of fused-ring (bicyclic) bond motifs is 3. The van der Waals surface area contributed by atoms with Gasteiger partial charge in [0.25, 0.3) is 0 Å². The molecule has 1 aliphatic heterocycles. The largest absolute Gasteiger partial charge is 0.477 e. The summed E-state index contributed by atoms with van der Waals surface area (Å²) in [4.78, 5) is 6.99. The van der Waals surface area contributed by atoms with Gasteiger partial charge in [-0.1, -0.05) is 41.9 Å². The zero-order valence-corrected chi connectivity index (χ0v) is 13.7. The van der Waals surface area contributed by atoms with Crippen LogP contribution in [0.5, 0.6) is 5.75 Å². The highest BCUT2D eigenvalue weighted by atomic mass is 35.5. The van der Waals surface area contributed by atoms with Gasteiger partial charge in [0.05, 0.1) is 5.52 Å². The van der Waals surface area contributed by atoms with Gasteiger partial charge in [0.2, 0.25) is 0 Å². The van der Waals surface area contributed by atoms with Crippen molar-refractivity contribution in [2.75, 3.05) is 6.73 Å². The number of pyridine rings is 1. The van der Waals surface area contributed by atoms with Crippen molar-refractivity contribution >= 4 is 22.5 Å². The number of nitrogens with zero attached hydrogens (tertiary/aromatic N) is 2. The zero-order valence-electron chi connectivity index (χ0n) is 12.9. The highest BCUT2D eigenvalue weighted by Crippen LogP contribution is 2.36. The topological polar surface area (TPSA) is 25.4 Å². The van der Waals surface area contributed by atoms with Gasteiger partial charge in [0.1, 0.15) is 12.5 Å². The molecule has 0 fully saturated rings. The molecule has 0 saturated heterocycles. The molecule has 0 spiro atoms. The lowest BCUT2D eigenvalue weighted by Crippen LogP contribution is -2.32. The number of rotatable bonds is 2. The maximum Gasteiger partial charge on any atom is 0.142 e. The van der Waals surface area contributed by atoms with Gasteiger partial charge < -0.3 is 4.74 Å². The second kappa shape index (κ2) is 5.84. The van der Waals surface area contributed by atoms with Crippen LogP contribution in [0.3, 0.4) is 0 Å². The molecule has 4 rings (SSSR count). The summed E-state index contributed by atoms with van der Waals surface area (Å²) >= 11 is 6.14. The Bertz CT molecular complexity index is 864. The monoisotopic (exact) mass is 324 g/mol. The summed E-state index contributed by atoms with van der Waals surface area (Å²) in [5, 5.41) is 1.71. The third kappa shape index (κ3) is 2.78. The third-order valence-electron chi connectivity index (χ3n) is 4.22. The fraction of sp³-hybridized carbons (Fsp3) is 0.211. The zero-order chi connectivity index (χ0) is 15.8. The molecule has 0 atom stereocenters. The van der Waals surface area contributed by atoms with Crippen LogP contribution in [-0.2, 0) is 13.1 Å². The molecule has 0 bridgehead atoms. The molecule has 0 radical (unpaired) electrons. The van der Waals surface area contributed by atoms with Crippen LogP contribution in [0, 0.1) is 6.92 Å². The van der Waals surface area contributed by atoms with E-state index in [1.54, 1.807) is 0 Å². The summed E-state index contributed by atoms with van der Waals surface area (Å²) in [5.74, 6) is 0.930. The Morgan fingerprint density at radius 2 is 2.00 bits per heavy atom. The second-order valence-electron chi connectivity index (χ2n) is 5.91. The Labute approximate surface area is 140 Å². The fourth-order valence-corrected chi connectivity index (χ4v) is 3.25. The van der Waals surface area contributed by atoms with Gasteiger partial charge >= 0.3 is 0 Å². The van der Waals surface area contributed by atoms with Crippen molar-refractivity contribution in [2.45, 2.75) is 20.0 Å². The maximum atomic E-state index is 6.14. The van der Waals surface area contributed by atoms with E-state index in [9.17, 15) is 0 Å². The summed E-state index contributed by atoms with van der Waals surface area (Å²) in [6.45, 7) is 4.33. The summed E-state index contributed by atoms with van der Waals surface area (Å²) in [5.41, 5.74) is 4.39. The number of halogens is 1. The minimum absolute atomic E-state index is 0.576. The van der Waals surface area contributed by atoms with Crippen LogP contribution in [0.25, 0.3) is 10.9 Å². The summed E-state index contributed by atoms with van der Waals surface area (Å²) in [6, 6.07) is 16.2. The van der Waals surface area contributed by atoms with Gasteiger partial charge in [-0.05, 0) is 30.7 Å². The normalized spacial score (nSPS) is 14.5. The molecule has 23 heavy (non-hydrogen) atoms. The Hall–Kier alpha value is -2.10. The highest BCUT2D eigenvalue weighted by Gasteiger charge is 2.22. The predicted molar refractivity (Wildman–Crippen MR) is 92.7 cm³/mol. The standard InChI is InChI=1S/C19H17ClN2O/c1-13-17-11-22(10-14-5-3-2-4-6-14)12-23-19(17)16-9-15(20)7-8-18(16)21-13/h2-9H,10-12H2,1H3. The highest BCUT2D eigenvalue weighted by molar-refractivity contribution is 6.31. The molecule has 1 aromatic heterocycles. The van der Waals surface area contributed by atoms with Gasteiger partial charge in [-0.2, -0.15) is 0 Å². The van der Waals surface area contributed by atoms with Crippen molar-refractivity contribution in [2.24, 2.45) is 0 Å². The van der Waals surface area contributed by atoms with E-state index in [-0.39, 0.29) is 0 Å². The SMILES string of the molecule is Cc1nc2ccc(Cl)cc2c2c1CN(Cc1ccccc1)CO2. The molecule has 0 saturated carbocycles. The van der Waals surface area contributed by atoms with E-state index in [0.717, 1.165) is 41.0 Å². The lowest BCUT2D eigenvalue weighted by molar-refractivity contribution is 0.0897. The molecule has 4 heteroatoms. The quantitative estimate of drug-likeness (QED) is 0.691. The first kappa shape index (κ1) is 14.5. The van der Waals surface area contributed by atoms with Crippen molar-refractivity contribution in [1.82, 2.24) is 9.88 Å². The maximum absolute atomic E-state index is 6.14. The van der Waals surface area contributed by atoms with E-state index in [2.05, 4.69) is 29.2 Å². The molecule has 0 N–H and O–H groups in total. The van der Waals surface area contributed by atoms with Crippen LogP contribution in [0.15, 0.2) is 48.5 Å². The average Bonchev–Trinajstić information content (AvgIpc) is 2.57. The van der Waals surface area contributed by atoms with Crippen molar-refractivity contribution in [3.8, 4) is 5.75 Å². The van der Waals surface area contributed by atoms with Gasteiger partial charge in [-0.25, -0.2) is 0 Å². The number of ether oxygens (including phenoxy) is 1. The molecule has 2 aromatic carbocycles. The van der Waals surface area contributed by atoms with Gasteiger partial charge in [0, 0.05) is 34.8 Å². The number of hydrogen-bond donors (Lipinski definition) is 0. The Balaban J connectivity index is 1.69. The number of aryl methyl sites for hydroxylation is 1. The molecular formula is C19H17ClN2O. The van der Waals surface area contributed by atoms with E-state index in [0.29, 0.717) is 11.8 Å². The molecule has 116 valence electrons. The third-order valence-corrected chi connectivity index (χ3v) is 4.46. The van der Waals surface area contributed by atoms with Crippen LogP contribution < -0.4 is 4.74 Å². The van der Waals surface area contributed by atoms with Gasteiger partial charge in [0.15, 0.2) is 0 Å². The predicted octanol–water partition coefficient (Wildman–Crippen LogP) is 4.55. The first-order valence-electron chi connectivity index (χ1n) is 7.68. The molecule has 3 nitrogen and oxygen atoms in total. The minimum atomic E-state index is 0.576. The van der Waals surface area contributed by atoms with E-state index in [1.807, 2.05) is 31.2 Å². The van der Waals surface area contributed by atoms with Crippen LogP contribution in [0.1, 0.15) is 16.8 Å². The van der Waals surface area contributed by atoms with Gasteiger partial charge in [-0.15, -0.1) is 0 Å². The lowest BCUT2D eigenvalue weighted by atomic mass is 10.1. The molecule has 2 heterocycles. The van der Waals surface area contributed by atoms with Gasteiger partial charge in [-0.3, -0.25) is 9.88 Å². The van der Waals surface area contributed by atoms with Crippen molar-refractivity contribution < 1.29 is 4.74 Å². The molecule has 1 aliphatic rings. The second-order valence-corrected chi connectivity index (χ2v) is 6.35. The first-order chi connectivity index (χ1) is 11.2. The number of benzene rings is 2. The Morgan fingerprint density at radius 1 is 1.17 bits per heavy atom. The first-order valence-corrected chi connectivity index (χ1v) is 8.06. The fourth-order valence-electron chi connectivity index (χ4n) is 3.08. The summed E-state index contributed by atoms with van der Waals surface area (Å²) in [7, 11) is 0. The Kier molecular flexibility index (Phi) is 3.68. The van der Waals surface area contributed by atoms with Crippen molar-refractivity contribution in [1.29, 1.82) is 0 Å². The smallest absolute Gasteiger partial charge is 0.142 e. The van der Waals surface area contributed by atoms with Crippen LogP contribution >= 0.6 is 11.6 Å². The molecule has 3 aromatic rings. The van der Waals surface area contributed by atoms with Crippen molar-refractivity contribution in [3.05, 3.63) is 70.4 Å². The number of aromatic nitrogens is 1. The Morgan fingerprint density at radius 3 is 2.83 bits per heavy atom. The van der Waals surface area contributed by atoms with Crippen molar-refractivity contribution in [3.63, 3.8) is 0 Å². The van der Waals surface area contributed by atoms with E-state index in [4.69, 9.17) is 21.3 Å². The molecule has 0 aliphatic carbocycles. The molecular weight excluding hydrogens is 308 g/mol. The van der Waals surface area contributed by atoms with E-state index >= 15 is 0 Å². The summed E-state index contributed by atoms with van der Waals surface area (Å²) < 4.78 is 6.08. The minimum Gasteiger partial charge on any atom is -0.477 e. The van der Waals surface area contributed by atoms with Crippen LogP contribution in [-0.4, -0.2) is 16.6 Å². The van der Waals surface area contributed by atoms with E-state index in [1.165, 1.54) is 5.56 Å². The molecule has 0 unspecified atom stereocenters. The van der Waals surface area contributed by atoms with Crippen LogP contribution in [0.4, 0.5) is 0 Å². The molecule has 0 amide bonds. The van der Waals surface area contributed by atoms with Crippen LogP contribution in [0.2, 0.25) is 5.02 Å². The summed E-state index contributed by atoms with van der Waals surface area (Å²) in [6.07, 6.45) is 0. The van der Waals surface area contributed by atoms with E-state index < -0.39 is 0 Å². The lowest BCUT2D eigenvalue weighted by Gasteiger charge is -2.30.